The summed E-state index contributed by atoms with van der Waals surface area (Å²) in [6.45, 7) is 12.4. The van der Waals surface area contributed by atoms with Crippen molar-refractivity contribution < 1.29 is 32.2 Å². The number of rotatable bonds is 6. The number of amides is 1. The number of alkyl halides is 3. The first-order valence-corrected chi connectivity index (χ1v) is 9.71. The summed E-state index contributed by atoms with van der Waals surface area (Å²) in [7, 11) is 0. The van der Waals surface area contributed by atoms with Gasteiger partial charge in [0, 0.05) is 18.7 Å². The van der Waals surface area contributed by atoms with Crippen LogP contribution < -0.4 is 0 Å². The number of hydrogen-bond donors (Lipinski definition) is 0. The van der Waals surface area contributed by atoms with Gasteiger partial charge in [0.2, 0.25) is 0 Å². The maximum Gasteiger partial charge on any atom is 0.416 e. The number of carbonyl (C=O) groups is 2. The van der Waals surface area contributed by atoms with E-state index in [1.165, 1.54) is 24.0 Å². The largest absolute Gasteiger partial charge is 0.463 e. The van der Waals surface area contributed by atoms with Gasteiger partial charge < -0.3 is 14.4 Å². The normalized spacial score (nSPS) is 16.1. The minimum absolute atomic E-state index is 0.0209. The van der Waals surface area contributed by atoms with E-state index in [2.05, 4.69) is 6.58 Å². The molecular weight excluding hydrogens is 399 g/mol. The second-order valence-corrected chi connectivity index (χ2v) is 7.95. The number of carbonyl (C=O) groups excluding carboxylic acids is 2. The van der Waals surface area contributed by atoms with Crippen LogP contribution in [0.15, 0.2) is 47.1 Å². The second kappa shape index (κ2) is 10.5. The summed E-state index contributed by atoms with van der Waals surface area (Å²) in [4.78, 5) is 25.3. The molecule has 1 rings (SSSR count). The molecule has 1 amide bonds. The van der Waals surface area contributed by atoms with Crippen molar-refractivity contribution in [2.24, 2.45) is 0 Å². The van der Waals surface area contributed by atoms with Gasteiger partial charge in [0.1, 0.15) is 5.60 Å². The van der Waals surface area contributed by atoms with Gasteiger partial charge in [-0.05, 0) is 53.0 Å². The molecule has 0 aromatic carbocycles. The molecule has 1 heterocycles. The molecule has 0 spiro atoms. The summed E-state index contributed by atoms with van der Waals surface area (Å²) in [6.07, 6.45) is -0.317. The Morgan fingerprint density at radius 1 is 1.23 bits per heavy atom. The highest BCUT2D eigenvalue weighted by Crippen LogP contribution is 2.34. The van der Waals surface area contributed by atoms with Crippen molar-refractivity contribution in [3.05, 3.63) is 47.1 Å². The van der Waals surface area contributed by atoms with Gasteiger partial charge in [0.25, 0.3) is 0 Å². The van der Waals surface area contributed by atoms with E-state index >= 15 is 0 Å². The number of nitrogens with zero attached hydrogens (tertiary/aromatic N) is 1. The molecule has 5 nitrogen and oxygen atoms in total. The highest BCUT2D eigenvalue weighted by molar-refractivity contribution is 5.88. The van der Waals surface area contributed by atoms with E-state index in [9.17, 15) is 22.8 Å². The van der Waals surface area contributed by atoms with Crippen molar-refractivity contribution in [2.45, 2.75) is 59.2 Å². The smallest absolute Gasteiger partial charge is 0.416 e. The first-order chi connectivity index (χ1) is 13.7. The number of hydrogen-bond acceptors (Lipinski definition) is 4. The van der Waals surface area contributed by atoms with Gasteiger partial charge in [0.05, 0.1) is 12.2 Å². The Labute approximate surface area is 175 Å². The Morgan fingerprint density at radius 2 is 1.87 bits per heavy atom. The summed E-state index contributed by atoms with van der Waals surface area (Å²) in [5.74, 6) is -0.587. The predicted octanol–water partition coefficient (Wildman–Crippen LogP) is 5.50. The van der Waals surface area contributed by atoms with Crippen molar-refractivity contribution in [2.75, 3.05) is 19.7 Å². The fourth-order valence-corrected chi connectivity index (χ4v) is 2.60. The summed E-state index contributed by atoms with van der Waals surface area (Å²) >= 11 is 0. The van der Waals surface area contributed by atoms with Crippen molar-refractivity contribution in [3.8, 4) is 0 Å². The van der Waals surface area contributed by atoms with Gasteiger partial charge in [-0.1, -0.05) is 30.4 Å². The second-order valence-electron chi connectivity index (χ2n) is 7.95. The average Bonchev–Trinajstić information content (AvgIpc) is 2.62. The Balaban J connectivity index is 2.97. The molecule has 0 aromatic heterocycles. The number of ether oxygens (including phenoxy) is 2. The van der Waals surface area contributed by atoms with Crippen LogP contribution in [-0.2, 0) is 14.3 Å². The Kier molecular flexibility index (Phi) is 8.93. The van der Waals surface area contributed by atoms with Crippen molar-refractivity contribution >= 4 is 12.1 Å². The lowest BCUT2D eigenvalue weighted by Gasteiger charge is -2.30. The molecule has 0 bridgehead atoms. The van der Waals surface area contributed by atoms with Crippen molar-refractivity contribution in [1.82, 2.24) is 4.90 Å². The molecule has 0 unspecified atom stereocenters. The SMILES string of the molecule is C=C(/C(=C\C=C(/C)C(=O)OCC)CC1=CCN(C(=O)OC(C)(C)C)CC1)C(F)(F)F. The topological polar surface area (TPSA) is 55.8 Å². The third-order valence-electron chi connectivity index (χ3n) is 4.23. The van der Waals surface area contributed by atoms with Crippen LogP contribution in [0.1, 0.15) is 47.5 Å². The fourth-order valence-electron chi connectivity index (χ4n) is 2.60. The Hall–Kier alpha value is -2.51. The maximum absolute atomic E-state index is 13.2. The van der Waals surface area contributed by atoms with Gasteiger partial charge in [0.15, 0.2) is 0 Å². The van der Waals surface area contributed by atoms with Crippen LogP contribution in [0.4, 0.5) is 18.0 Å². The Bertz CT molecular complexity index is 755. The monoisotopic (exact) mass is 429 g/mol. The molecule has 1 aliphatic heterocycles. The molecule has 0 radical (unpaired) electrons. The number of allylic oxidation sites excluding steroid dienone is 4. The van der Waals surface area contributed by atoms with E-state index in [4.69, 9.17) is 9.47 Å². The van der Waals surface area contributed by atoms with Crippen LogP contribution in [0.25, 0.3) is 0 Å². The molecule has 168 valence electrons. The summed E-state index contributed by atoms with van der Waals surface area (Å²) in [5, 5.41) is 0. The van der Waals surface area contributed by atoms with Crippen LogP contribution in [-0.4, -0.2) is 48.4 Å². The minimum Gasteiger partial charge on any atom is -0.463 e. The highest BCUT2D eigenvalue weighted by Gasteiger charge is 2.34. The summed E-state index contributed by atoms with van der Waals surface area (Å²) in [6, 6.07) is 0. The molecule has 0 aliphatic carbocycles. The van der Waals surface area contributed by atoms with E-state index in [0.29, 0.717) is 13.0 Å². The number of esters is 1. The molecule has 0 N–H and O–H groups in total. The van der Waals surface area contributed by atoms with Crippen LogP contribution in [0.3, 0.4) is 0 Å². The van der Waals surface area contributed by atoms with Gasteiger partial charge in [-0.2, -0.15) is 13.2 Å². The van der Waals surface area contributed by atoms with Crippen LogP contribution >= 0.6 is 0 Å². The number of halogens is 3. The zero-order valence-electron chi connectivity index (χ0n) is 18.2. The van der Waals surface area contributed by atoms with E-state index in [1.54, 1.807) is 33.8 Å². The van der Waals surface area contributed by atoms with Crippen LogP contribution in [0.5, 0.6) is 0 Å². The quantitative estimate of drug-likeness (QED) is 0.242. The summed E-state index contributed by atoms with van der Waals surface area (Å²) < 4.78 is 49.9. The lowest BCUT2D eigenvalue weighted by atomic mass is 9.94. The van der Waals surface area contributed by atoms with Gasteiger partial charge >= 0.3 is 18.2 Å². The predicted molar refractivity (Wildman–Crippen MR) is 109 cm³/mol. The molecule has 8 heteroatoms. The third-order valence-corrected chi connectivity index (χ3v) is 4.23. The van der Waals surface area contributed by atoms with Gasteiger partial charge in [-0.3, -0.25) is 0 Å². The zero-order valence-corrected chi connectivity index (χ0v) is 18.2. The molecular formula is C22H30F3NO4. The molecule has 1 aliphatic rings. The van der Waals surface area contributed by atoms with Crippen molar-refractivity contribution in [3.63, 3.8) is 0 Å². The van der Waals surface area contributed by atoms with E-state index in [1.807, 2.05) is 0 Å². The molecule has 30 heavy (non-hydrogen) atoms. The lowest BCUT2D eigenvalue weighted by molar-refractivity contribution is -0.138. The van der Waals surface area contributed by atoms with Gasteiger partial charge in [-0.25, -0.2) is 9.59 Å². The van der Waals surface area contributed by atoms with Crippen LogP contribution in [0.2, 0.25) is 0 Å². The standard InChI is InChI=1S/C22H30F3NO4/c1-7-29-19(27)15(2)8-9-18(16(3)22(23,24)25)14-17-10-12-26(13-11-17)20(28)30-21(4,5)6/h8-10H,3,7,11-14H2,1-2,4-6H3/b15-8+,18-9-. The van der Waals surface area contributed by atoms with E-state index in [-0.39, 0.29) is 30.7 Å². The first-order valence-electron chi connectivity index (χ1n) is 9.71. The third kappa shape index (κ3) is 8.47. The molecule has 0 saturated heterocycles. The van der Waals surface area contributed by atoms with E-state index in [0.717, 1.165) is 5.57 Å². The highest BCUT2D eigenvalue weighted by atomic mass is 19.4. The van der Waals surface area contributed by atoms with E-state index < -0.39 is 29.4 Å². The average molecular weight is 429 g/mol. The molecule has 0 aromatic rings. The van der Waals surface area contributed by atoms with Gasteiger partial charge in [-0.15, -0.1) is 0 Å². The first kappa shape index (κ1) is 25.5. The molecule has 0 saturated carbocycles. The summed E-state index contributed by atoms with van der Waals surface area (Å²) in [5.41, 5.74) is -0.675. The minimum atomic E-state index is -4.59. The molecule has 0 atom stereocenters. The Morgan fingerprint density at radius 3 is 2.33 bits per heavy atom. The van der Waals surface area contributed by atoms with Crippen molar-refractivity contribution in [1.29, 1.82) is 0 Å². The zero-order chi connectivity index (χ0) is 23.1. The fraction of sp³-hybridized carbons (Fsp3) is 0.545. The molecule has 0 fully saturated rings. The maximum atomic E-state index is 13.2. The van der Waals surface area contributed by atoms with Crippen LogP contribution in [0, 0.1) is 0 Å². The lowest BCUT2D eigenvalue weighted by Crippen LogP contribution is -2.39.